The highest BCUT2D eigenvalue weighted by Gasteiger charge is 2.31. The van der Waals surface area contributed by atoms with E-state index in [-0.39, 0.29) is 12.4 Å². The second-order valence-corrected chi connectivity index (χ2v) is 5.99. The molecule has 1 aromatic heterocycles. The summed E-state index contributed by atoms with van der Waals surface area (Å²) in [6, 6.07) is 16.6. The number of carbonyl (C=O) groups is 1. The zero-order valence-corrected chi connectivity index (χ0v) is 15.3. The van der Waals surface area contributed by atoms with E-state index in [1.807, 2.05) is 30.3 Å². The molecule has 0 fully saturated rings. The predicted octanol–water partition coefficient (Wildman–Crippen LogP) is 5.53. The summed E-state index contributed by atoms with van der Waals surface area (Å²) in [5.74, 6) is -0.763. The molecule has 0 spiro atoms. The summed E-state index contributed by atoms with van der Waals surface area (Å²) < 4.78 is 48.1. The number of esters is 1. The molecule has 0 unspecified atom stereocenters. The highest BCUT2D eigenvalue weighted by Crippen LogP contribution is 2.31. The van der Waals surface area contributed by atoms with Crippen LogP contribution in [0.25, 0.3) is 16.9 Å². The average Bonchev–Trinajstić information content (AvgIpc) is 2.99. The molecule has 146 valence electrons. The lowest BCUT2D eigenvalue weighted by molar-refractivity contribution is -0.274. The van der Waals surface area contributed by atoms with E-state index in [2.05, 4.69) is 4.74 Å². The molecular formula is C21H18F3NO3. The van der Waals surface area contributed by atoms with Gasteiger partial charge in [0.2, 0.25) is 0 Å². The minimum Gasteiger partial charge on any atom is -0.462 e. The van der Waals surface area contributed by atoms with E-state index in [9.17, 15) is 18.0 Å². The summed E-state index contributed by atoms with van der Waals surface area (Å²) in [5.41, 5.74) is 3.21. The molecule has 0 atom stereocenters. The highest BCUT2D eigenvalue weighted by molar-refractivity contribution is 5.93. The van der Waals surface area contributed by atoms with Gasteiger partial charge in [0.15, 0.2) is 0 Å². The number of aromatic nitrogens is 1. The van der Waals surface area contributed by atoms with Crippen LogP contribution in [0.15, 0.2) is 60.7 Å². The highest BCUT2D eigenvalue weighted by atomic mass is 19.4. The number of hydrogen-bond acceptors (Lipinski definition) is 3. The Labute approximate surface area is 160 Å². The molecule has 7 heteroatoms. The monoisotopic (exact) mass is 389 g/mol. The molecule has 3 rings (SSSR count). The van der Waals surface area contributed by atoms with Crippen LogP contribution in [0.3, 0.4) is 0 Å². The van der Waals surface area contributed by atoms with Crippen molar-refractivity contribution in [1.82, 2.24) is 4.57 Å². The first-order valence-electron chi connectivity index (χ1n) is 8.61. The molecule has 0 bridgehead atoms. The Balaban J connectivity index is 2.09. The van der Waals surface area contributed by atoms with Crippen molar-refractivity contribution >= 4 is 5.97 Å². The van der Waals surface area contributed by atoms with Crippen LogP contribution >= 0.6 is 0 Å². The number of ether oxygens (including phenoxy) is 2. The fourth-order valence-electron chi connectivity index (χ4n) is 2.97. The Morgan fingerprint density at radius 2 is 1.68 bits per heavy atom. The lowest BCUT2D eigenvalue weighted by Gasteiger charge is -2.14. The largest absolute Gasteiger partial charge is 0.573 e. The zero-order chi connectivity index (χ0) is 20.3. The third kappa shape index (κ3) is 4.19. The molecule has 4 nitrogen and oxygen atoms in total. The number of benzene rings is 2. The molecule has 2 aromatic carbocycles. The normalized spacial score (nSPS) is 11.3. The van der Waals surface area contributed by atoms with Gasteiger partial charge in [0.05, 0.1) is 17.9 Å². The number of rotatable bonds is 5. The molecule has 3 aromatic rings. The van der Waals surface area contributed by atoms with Gasteiger partial charge in [-0.3, -0.25) is 0 Å². The first-order valence-corrected chi connectivity index (χ1v) is 8.61. The topological polar surface area (TPSA) is 40.5 Å². The molecule has 1 heterocycles. The van der Waals surface area contributed by atoms with E-state index in [1.165, 1.54) is 24.3 Å². The number of nitrogens with zero attached hydrogens (tertiary/aromatic N) is 1. The molecule has 0 saturated heterocycles. The maximum absolute atomic E-state index is 12.4. The van der Waals surface area contributed by atoms with Crippen LogP contribution in [0.4, 0.5) is 13.2 Å². The Hall–Kier alpha value is -3.22. The van der Waals surface area contributed by atoms with Crippen molar-refractivity contribution in [2.75, 3.05) is 6.61 Å². The van der Waals surface area contributed by atoms with Crippen molar-refractivity contribution in [3.05, 3.63) is 71.9 Å². The predicted molar refractivity (Wildman–Crippen MR) is 98.6 cm³/mol. The lowest BCUT2D eigenvalue weighted by Crippen LogP contribution is -2.17. The van der Waals surface area contributed by atoms with Gasteiger partial charge in [0.1, 0.15) is 5.75 Å². The number of carbonyl (C=O) groups excluding carboxylic acids is 1. The third-order valence-corrected chi connectivity index (χ3v) is 4.14. The van der Waals surface area contributed by atoms with Crippen LogP contribution in [0, 0.1) is 6.92 Å². The van der Waals surface area contributed by atoms with E-state index in [0.29, 0.717) is 16.9 Å². The van der Waals surface area contributed by atoms with Gasteiger partial charge >= 0.3 is 12.3 Å². The smallest absolute Gasteiger partial charge is 0.462 e. The summed E-state index contributed by atoms with van der Waals surface area (Å²) in [5, 5.41) is 0. The SMILES string of the molecule is CCOC(=O)c1cc(-c2ccccc2)n(-c2ccc(OC(F)(F)F)cc2)c1C. The van der Waals surface area contributed by atoms with Crippen LogP contribution in [0.5, 0.6) is 5.75 Å². The Morgan fingerprint density at radius 1 is 1.04 bits per heavy atom. The van der Waals surface area contributed by atoms with E-state index in [1.54, 1.807) is 24.5 Å². The molecule has 0 radical (unpaired) electrons. The third-order valence-electron chi connectivity index (χ3n) is 4.14. The molecule has 0 amide bonds. The summed E-state index contributed by atoms with van der Waals surface area (Å²) in [6.45, 7) is 3.73. The quantitative estimate of drug-likeness (QED) is 0.539. The number of halogens is 3. The van der Waals surface area contributed by atoms with Gasteiger partial charge in [-0.15, -0.1) is 13.2 Å². The van der Waals surface area contributed by atoms with E-state index >= 15 is 0 Å². The molecule has 0 saturated carbocycles. The summed E-state index contributed by atoms with van der Waals surface area (Å²) >= 11 is 0. The first-order chi connectivity index (χ1) is 13.3. The van der Waals surface area contributed by atoms with Gasteiger partial charge in [-0.05, 0) is 49.7 Å². The van der Waals surface area contributed by atoms with Crippen LogP contribution in [-0.2, 0) is 4.74 Å². The second-order valence-electron chi connectivity index (χ2n) is 5.99. The fourth-order valence-corrected chi connectivity index (χ4v) is 2.97. The molecule has 0 aliphatic carbocycles. The van der Waals surface area contributed by atoms with Gasteiger partial charge in [-0.25, -0.2) is 4.79 Å². The van der Waals surface area contributed by atoms with Crippen LogP contribution in [0.1, 0.15) is 23.0 Å². The molecule has 0 aliphatic heterocycles. The maximum Gasteiger partial charge on any atom is 0.573 e. The molecule has 0 aliphatic rings. The van der Waals surface area contributed by atoms with Crippen molar-refractivity contribution in [3.8, 4) is 22.7 Å². The summed E-state index contributed by atoms with van der Waals surface area (Å²) in [4.78, 5) is 12.3. The minimum absolute atomic E-state index is 0.244. The Morgan fingerprint density at radius 3 is 2.25 bits per heavy atom. The van der Waals surface area contributed by atoms with Crippen molar-refractivity contribution in [2.24, 2.45) is 0 Å². The standard InChI is InChI=1S/C21H18F3NO3/c1-3-27-20(26)18-13-19(15-7-5-4-6-8-15)25(14(18)2)16-9-11-17(12-10-16)28-21(22,23)24/h4-13H,3H2,1-2H3. The van der Waals surface area contributed by atoms with Crippen molar-refractivity contribution in [2.45, 2.75) is 20.2 Å². The van der Waals surface area contributed by atoms with Crippen LogP contribution < -0.4 is 4.74 Å². The van der Waals surface area contributed by atoms with Gasteiger partial charge in [-0.1, -0.05) is 30.3 Å². The summed E-state index contributed by atoms with van der Waals surface area (Å²) in [7, 11) is 0. The van der Waals surface area contributed by atoms with Gasteiger partial charge < -0.3 is 14.0 Å². The minimum atomic E-state index is -4.75. The van der Waals surface area contributed by atoms with Crippen molar-refractivity contribution in [3.63, 3.8) is 0 Å². The Bertz CT molecular complexity index is 961. The molecular weight excluding hydrogens is 371 g/mol. The van der Waals surface area contributed by atoms with Gasteiger partial charge in [0, 0.05) is 11.4 Å². The van der Waals surface area contributed by atoms with Crippen molar-refractivity contribution < 1.29 is 27.4 Å². The van der Waals surface area contributed by atoms with E-state index in [4.69, 9.17) is 4.74 Å². The average molecular weight is 389 g/mol. The Kier molecular flexibility index (Phi) is 5.44. The first kappa shape index (κ1) is 19.5. The van der Waals surface area contributed by atoms with Gasteiger partial charge in [0.25, 0.3) is 0 Å². The van der Waals surface area contributed by atoms with E-state index in [0.717, 1.165) is 11.3 Å². The van der Waals surface area contributed by atoms with Gasteiger partial charge in [-0.2, -0.15) is 0 Å². The number of hydrogen-bond donors (Lipinski definition) is 0. The lowest BCUT2D eigenvalue weighted by atomic mass is 10.1. The molecule has 0 N–H and O–H groups in total. The maximum atomic E-state index is 12.4. The fraction of sp³-hybridized carbons (Fsp3) is 0.190. The number of alkyl halides is 3. The second kappa shape index (κ2) is 7.80. The molecule has 28 heavy (non-hydrogen) atoms. The van der Waals surface area contributed by atoms with Crippen LogP contribution in [0.2, 0.25) is 0 Å². The van der Waals surface area contributed by atoms with E-state index < -0.39 is 12.3 Å². The zero-order valence-electron chi connectivity index (χ0n) is 15.3. The van der Waals surface area contributed by atoms with Crippen LogP contribution in [-0.4, -0.2) is 23.5 Å². The summed E-state index contributed by atoms with van der Waals surface area (Å²) in [6.07, 6.45) is -4.75. The van der Waals surface area contributed by atoms with Crippen molar-refractivity contribution in [1.29, 1.82) is 0 Å².